The van der Waals surface area contributed by atoms with E-state index >= 15 is 0 Å². The highest BCUT2D eigenvalue weighted by molar-refractivity contribution is 5.80. The third-order valence-electron chi connectivity index (χ3n) is 28.1. The SMILES string of the molecule is CCC(C)(C)C(=O)OC1(C(C)C)C2CC3CC(C2)CC1C3.CCC(C)(C)C(=O)OC1(C(C)C)CCCC1.CCC(C)(C)C(=O)OC12CC3CC(O)(CC(O)(C3)C1)C2.CCC(C)(C)C(=O)OCC(=O)OC1C2CC3CC(C2)C(=O)OC1C3.CCC(C)c1ccc(O)cc1.CCC(C)c1ccc(Oc2ccc(O)c(O)c2)cc1. The number of aliphatic hydroxyl groups is 2. The van der Waals surface area contributed by atoms with Crippen LogP contribution in [0.5, 0.6) is 28.7 Å². The predicted octanol–water partition coefficient (Wildman–Crippen LogP) is 20.5. The van der Waals surface area contributed by atoms with Crippen LogP contribution in [-0.4, -0.2) is 108 Å². The summed E-state index contributed by atoms with van der Waals surface area (Å²) in [6, 6.07) is 19.7. The Morgan fingerprint density at radius 1 is 0.505 bits per heavy atom. The smallest absolute Gasteiger partial charge is 0.344 e. The lowest BCUT2D eigenvalue weighted by Crippen LogP contribution is -2.67. The third-order valence-corrected chi connectivity index (χ3v) is 28.1. The Morgan fingerprint density at radius 3 is 1.44 bits per heavy atom. The van der Waals surface area contributed by atoms with Crippen LogP contribution in [0.1, 0.15) is 322 Å². The van der Waals surface area contributed by atoms with Crippen LogP contribution in [0.25, 0.3) is 0 Å². The Hall–Kier alpha value is -6.40. The minimum atomic E-state index is -0.842. The average molecular weight is 1550 g/mol. The summed E-state index contributed by atoms with van der Waals surface area (Å²) in [5.74, 6) is 5.82. The van der Waals surface area contributed by atoms with E-state index in [1.54, 1.807) is 32.0 Å². The second kappa shape index (κ2) is 36.6. The number of benzene rings is 3. The fourth-order valence-corrected chi connectivity index (χ4v) is 19.6. The van der Waals surface area contributed by atoms with Crippen molar-refractivity contribution in [2.75, 3.05) is 6.61 Å². The number of ether oxygens (including phenoxy) is 7. The van der Waals surface area contributed by atoms with Crippen LogP contribution in [0.4, 0.5) is 0 Å². The quantitative estimate of drug-likeness (QED) is 0.0355. The van der Waals surface area contributed by atoms with Gasteiger partial charge in [-0.05, 0) is 303 Å². The van der Waals surface area contributed by atoms with E-state index in [1.165, 1.54) is 68.2 Å². The van der Waals surface area contributed by atoms with Gasteiger partial charge < -0.3 is 58.7 Å². The summed E-state index contributed by atoms with van der Waals surface area (Å²) in [5.41, 5.74) is -1.91. The zero-order valence-corrected chi connectivity index (χ0v) is 71.4. The van der Waals surface area contributed by atoms with Crippen LogP contribution >= 0.6 is 0 Å². The number of phenols is 3. The molecule has 5 N–H and O–H groups in total. The molecule has 11 saturated carbocycles. The summed E-state index contributed by atoms with van der Waals surface area (Å²) >= 11 is 0. The Bertz CT molecular complexity index is 3550. The van der Waals surface area contributed by atoms with E-state index in [1.807, 2.05) is 98.7 Å². The second-order valence-corrected chi connectivity index (χ2v) is 38.8. The highest BCUT2D eigenvalue weighted by Gasteiger charge is 2.66. The fourth-order valence-electron chi connectivity index (χ4n) is 19.6. The first-order valence-electron chi connectivity index (χ1n) is 42.7. The van der Waals surface area contributed by atoms with Gasteiger partial charge in [-0.3, -0.25) is 24.0 Å². The zero-order valence-electron chi connectivity index (χ0n) is 71.4. The van der Waals surface area contributed by atoms with Gasteiger partial charge in [-0.25, -0.2) is 4.79 Å². The molecule has 0 spiro atoms. The number of hydrogen-bond acceptors (Lipinski definition) is 18. The predicted molar refractivity (Wildman–Crippen MR) is 431 cm³/mol. The normalized spacial score (nSPS) is 30.0. The highest BCUT2D eigenvalue weighted by Crippen LogP contribution is 2.63. The molecular formula is C93H142O18. The molecule has 12 bridgehead atoms. The zero-order chi connectivity index (χ0) is 82.2. The number of rotatable bonds is 22. The maximum absolute atomic E-state index is 12.8. The van der Waals surface area contributed by atoms with Crippen LogP contribution in [-0.2, 0) is 57.2 Å². The molecular weight excluding hydrogens is 1410 g/mol. The van der Waals surface area contributed by atoms with E-state index < -0.39 is 45.7 Å². The molecule has 13 fully saturated rings. The average Bonchev–Trinajstić information content (AvgIpc) is 1.35. The number of aromatic hydroxyl groups is 3. The molecule has 18 nitrogen and oxygen atoms in total. The van der Waals surface area contributed by atoms with Crippen molar-refractivity contribution in [1.29, 1.82) is 0 Å². The second-order valence-electron chi connectivity index (χ2n) is 38.8. The number of phenolic OH excluding ortho intramolecular Hbond substituents is 3. The summed E-state index contributed by atoms with van der Waals surface area (Å²) in [5, 5.41) is 48.9. The molecule has 111 heavy (non-hydrogen) atoms. The molecule has 3 aromatic carbocycles. The van der Waals surface area contributed by atoms with Crippen LogP contribution < -0.4 is 4.74 Å². The molecule has 0 aromatic heterocycles. The highest BCUT2D eigenvalue weighted by atomic mass is 16.6. The summed E-state index contributed by atoms with van der Waals surface area (Å²) in [7, 11) is 0. The van der Waals surface area contributed by atoms with E-state index in [0.717, 1.165) is 102 Å². The van der Waals surface area contributed by atoms with Crippen molar-refractivity contribution >= 4 is 35.8 Å². The molecule has 3 aromatic rings. The first-order valence-corrected chi connectivity index (χ1v) is 42.7. The van der Waals surface area contributed by atoms with E-state index in [4.69, 9.17) is 38.3 Å². The van der Waals surface area contributed by atoms with Crippen LogP contribution in [0, 0.1) is 80.8 Å². The van der Waals surface area contributed by atoms with Gasteiger partial charge in [0.25, 0.3) is 0 Å². The van der Waals surface area contributed by atoms with Gasteiger partial charge in [0.1, 0.15) is 46.3 Å². The summed E-state index contributed by atoms with van der Waals surface area (Å²) in [6.07, 6.45) is 22.7. The lowest BCUT2D eigenvalue weighted by molar-refractivity contribution is -0.264. The van der Waals surface area contributed by atoms with Crippen molar-refractivity contribution in [3.05, 3.63) is 77.9 Å². The Balaban J connectivity index is 0.000000169. The lowest BCUT2D eigenvalue weighted by Gasteiger charge is -2.62. The Morgan fingerprint density at radius 2 is 0.973 bits per heavy atom. The largest absolute Gasteiger partial charge is 0.508 e. The van der Waals surface area contributed by atoms with Gasteiger partial charge in [-0.15, -0.1) is 0 Å². The van der Waals surface area contributed by atoms with E-state index in [-0.39, 0.29) is 87.9 Å². The topological polar surface area (TPSA) is 268 Å². The maximum atomic E-state index is 12.8. The van der Waals surface area contributed by atoms with Gasteiger partial charge in [0.2, 0.25) is 0 Å². The van der Waals surface area contributed by atoms with Crippen molar-refractivity contribution in [3.63, 3.8) is 0 Å². The van der Waals surface area contributed by atoms with Gasteiger partial charge in [0, 0.05) is 31.2 Å². The molecule has 9 atom stereocenters. The van der Waals surface area contributed by atoms with Gasteiger partial charge >= 0.3 is 35.8 Å². The van der Waals surface area contributed by atoms with E-state index in [0.29, 0.717) is 84.4 Å². The molecule has 11 aliphatic carbocycles. The molecule has 13 aliphatic rings. The summed E-state index contributed by atoms with van der Waals surface area (Å²) in [4.78, 5) is 73.4. The van der Waals surface area contributed by atoms with E-state index in [9.17, 15) is 49.2 Å². The van der Waals surface area contributed by atoms with Crippen molar-refractivity contribution in [2.24, 2.45) is 80.8 Å². The van der Waals surface area contributed by atoms with Crippen LogP contribution in [0.15, 0.2) is 66.7 Å². The van der Waals surface area contributed by atoms with Gasteiger partial charge in [0.15, 0.2) is 18.1 Å². The lowest BCUT2D eigenvalue weighted by atomic mass is 9.47. The molecule has 0 amide bonds. The van der Waals surface area contributed by atoms with Gasteiger partial charge in [-0.2, -0.15) is 0 Å². The summed E-state index contributed by atoms with van der Waals surface area (Å²) in [6.45, 7) is 40.5. The van der Waals surface area contributed by atoms with Crippen molar-refractivity contribution in [3.8, 4) is 28.7 Å². The van der Waals surface area contributed by atoms with E-state index in [2.05, 4.69) is 62.3 Å². The first-order chi connectivity index (χ1) is 51.9. The van der Waals surface area contributed by atoms with Gasteiger partial charge in [-0.1, -0.05) is 107 Å². The Kier molecular flexibility index (Phi) is 29.7. The van der Waals surface area contributed by atoms with Crippen LogP contribution in [0.2, 0.25) is 0 Å². The number of fused-ring (bicyclic) bond motifs is 1. The van der Waals surface area contributed by atoms with Crippen molar-refractivity contribution in [1.82, 2.24) is 0 Å². The minimum Gasteiger partial charge on any atom is -0.508 e. The molecule has 0 radical (unpaired) electrons. The molecule has 9 unspecified atom stereocenters. The van der Waals surface area contributed by atoms with Gasteiger partial charge in [0.05, 0.1) is 38.8 Å². The molecule has 2 aliphatic heterocycles. The molecule has 16 rings (SSSR count). The standard InChI is InChI=1S/C19H32O2.C18H26O6.C16H26O4.C16H18O3.C14H26O2.C10H14O/c1-6-18(4,5)17(20)21-19(12(2)3)15-8-13-7-14(10-15)11-16(19)9-13;1-4-18(2,3)17(21)22-9-14(19)24-15-11-5-10-6-12(8-11)16(20)23-13(15)7-10;1-4-13(2,3)12(17)20-16-7-11-5-14(18,9-16)8-15(19,6-11)10-16;1-3-11(2)12-4-6-13(7-5-12)19-14-8-9-15(17)16(18)10-14;1-6-13(4,5)12(15)16-14(11(2)3)9-7-8-10-14;1-3-8(2)9-4-6-10(11)7-5-9/h12-16H,6-11H2,1-5H3;10-13,15H,4-9H2,1-3H3;11,18-19H,4-10H2,1-3H3;4-11,17-18H,3H2,1-2H3;11H,6-10H2,1-5H3;4-8,11H,3H2,1-2H3. The van der Waals surface area contributed by atoms with Crippen LogP contribution in [0.3, 0.4) is 0 Å². The fraction of sp³-hybridized carbons (Fsp3) is 0.742. The number of esters is 6. The minimum absolute atomic E-state index is 0.0226. The number of carbonyl (C=O) groups excluding carboxylic acids is 6. The Labute approximate surface area is 665 Å². The summed E-state index contributed by atoms with van der Waals surface area (Å²) < 4.78 is 39.9. The number of carbonyl (C=O) groups is 6. The monoisotopic (exact) mass is 1550 g/mol. The molecule has 622 valence electrons. The van der Waals surface area contributed by atoms with Crippen molar-refractivity contribution < 1.29 is 87.5 Å². The number of hydrogen-bond donors (Lipinski definition) is 5. The molecule has 2 heterocycles. The maximum Gasteiger partial charge on any atom is 0.344 e. The van der Waals surface area contributed by atoms with Crippen molar-refractivity contribution in [2.45, 2.75) is 351 Å². The molecule has 2 saturated heterocycles. The first kappa shape index (κ1) is 90.1. The molecule has 18 heteroatoms. The third kappa shape index (κ3) is 22.0.